The van der Waals surface area contributed by atoms with Gasteiger partial charge in [0.25, 0.3) is 5.56 Å². The molecule has 7 nitrogen and oxygen atoms in total. The van der Waals surface area contributed by atoms with Crippen LogP contribution in [0.15, 0.2) is 51.9 Å². The smallest absolute Gasteiger partial charge is 0.471 e. The number of aromatic nitrogens is 3. The molecule has 164 valence electrons. The van der Waals surface area contributed by atoms with E-state index in [2.05, 4.69) is 14.7 Å². The van der Waals surface area contributed by atoms with Crippen molar-refractivity contribution < 1.29 is 40.8 Å². The molecule has 1 atom stereocenters. The minimum absolute atomic E-state index is 0.211. The van der Waals surface area contributed by atoms with Gasteiger partial charge in [-0.1, -0.05) is 17.3 Å². The van der Waals surface area contributed by atoms with Gasteiger partial charge >= 0.3 is 24.2 Å². The fourth-order valence-corrected chi connectivity index (χ4v) is 2.81. The van der Waals surface area contributed by atoms with Gasteiger partial charge in [0.05, 0.1) is 5.56 Å². The van der Waals surface area contributed by atoms with Crippen LogP contribution in [0.4, 0.5) is 26.3 Å². The minimum atomic E-state index is -4.91. The number of hydrogen-bond acceptors (Lipinski definition) is 5. The number of rotatable bonds is 4. The molecule has 3 aromatic rings. The van der Waals surface area contributed by atoms with Crippen molar-refractivity contribution in [3.05, 3.63) is 70.0 Å². The average Bonchev–Trinajstić information content (AvgIpc) is 3.17. The zero-order valence-electron chi connectivity index (χ0n) is 15.3. The van der Waals surface area contributed by atoms with Gasteiger partial charge in [-0.05, 0) is 30.7 Å². The van der Waals surface area contributed by atoms with Crippen molar-refractivity contribution in [1.82, 2.24) is 14.7 Å². The Morgan fingerprint density at radius 2 is 1.68 bits per heavy atom. The topological polar surface area (TPSA) is 98.2 Å². The van der Waals surface area contributed by atoms with Crippen molar-refractivity contribution in [2.45, 2.75) is 24.8 Å². The number of pyridine rings is 1. The number of carboxylic acids is 1. The third-order valence-electron chi connectivity index (χ3n) is 4.50. The van der Waals surface area contributed by atoms with E-state index >= 15 is 0 Å². The molecule has 0 aliphatic heterocycles. The molecule has 0 spiro atoms. The molecule has 2 heterocycles. The van der Waals surface area contributed by atoms with E-state index in [1.54, 1.807) is 0 Å². The van der Waals surface area contributed by atoms with Gasteiger partial charge in [-0.2, -0.15) is 31.3 Å². The fraction of sp³-hybridized carbons (Fsp3) is 0.222. The molecule has 0 saturated carbocycles. The molecule has 0 saturated heterocycles. The Hall–Kier alpha value is -3.64. The van der Waals surface area contributed by atoms with Crippen molar-refractivity contribution in [3.63, 3.8) is 0 Å². The molecule has 1 unspecified atom stereocenters. The van der Waals surface area contributed by atoms with Gasteiger partial charge in [0.15, 0.2) is 5.54 Å². The largest absolute Gasteiger partial charge is 0.479 e. The van der Waals surface area contributed by atoms with Crippen LogP contribution in [0.3, 0.4) is 0 Å². The van der Waals surface area contributed by atoms with E-state index in [1.807, 2.05) is 0 Å². The van der Waals surface area contributed by atoms with Crippen molar-refractivity contribution in [2.75, 3.05) is 0 Å². The molecule has 0 bridgehead atoms. The molecule has 31 heavy (non-hydrogen) atoms. The normalized spacial score (nSPS) is 14.3. The van der Waals surface area contributed by atoms with Gasteiger partial charge in [-0.15, -0.1) is 0 Å². The maximum Gasteiger partial charge on any atom is 0.471 e. The Bertz CT molecular complexity index is 1200. The number of alkyl halides is 6. The van der Waals surface area contributed by atoms with Crippen molar-refractivity contribution in [3.8, 4) is 11.4 Å². The summed E-state index contributed by atoms with van der Waals surface area (Å²) in [5.41, 5.74) is -4.96. The van der Waals surface area contributed by atoms with Crippen LogP contribution in [-0.2, 0) is 22.7 Å². The van der Waals surface area contributed by atoms with Crippen LogP contribution in [0.25, 0.3) is 11.4 Å². The predicted molar refractivity (Wildman–Crippen MR) is 90.8 cm³/mol. The Morgan fingerprint density at radius 1 is 1.03 bits per heavy atom. The molecule has 0 aliphatic rings. The van der Waals surface area contributed by atoms with Crippen LogP contribution in [0.1, 0.15) is 23.9 Å². The van der Waals surface area contributed by atoms with Crippen molar-refractivity contribution >= 4 is 5.97 Å². The summed E-state index contributed by atoms with van der Waals surface area (Å²) in [5.74, 6) is -3.86. The first-order chi connectivity index (χ1) is 14.2. The van der Waals surface area contributed by atoms with Crippen LogP contribution in [0.2, 0.25) is 0 Å². The number of hydrogen-bond donors (Lipinski definition) is 1. The predicted octanol–water partition coefficient (Wildman–Crippen LogP) is 3.78. The van der Waals surface area contributed by atoms with Gasteiger partial charge in [0, 0.05) is 17.8 Å². The van der Waals surface area contributed by atoms with E-state index < -0.39 is 46.7 Å². The second kappa shape index (κ2) is 7.25. The summed E-state index contributed by atoms with van der Waals surface area (Å²) in [4.78, 5) is 27.7. The minimum Gasteiger partial charge on any atom is -0.479 e. The summed E-state index contributed by atoms with van der Waals surface area (Å²) in [7, 11) is 0. The van der Waals surface area contributed by atoms with E-state index in [9.17, 15) is 41.0 Å². The van der Waals surface area contributed by atoms with Crippen molar-refractivity contribution in [1.29, 1.82) is 0 Å². The lowest BCUT2D eigenvalue weighted by molar-refractivity contribution is -0.159. The summed E-state index contributed by atoms with van der Waals surface area (Å²) in [6.07, 6.45) is -8.75. The van der Waals surface area contributed by atoms with Gasteiger partial charge in [0.2, 0.25) is 5.82 Å². The Morgan fingerprint density at radius 3 is 2.19 bits per heavy atom. The Kier molecular flexibility index (Phi) is 5.16. The van der Waals surface area contributed by atoms with Crippen LogP contribution >= 0.6 is 0 Å². The number of benzene rings is 1. The first-order valence-corrected chi connectivity index (χ1v) is 8.30. The summed E-state index contributed by atoms with van der Waals surface area (Å²) in [6, 6.07) is 5.24. The highest BCUT2D eigenvalue weighted by atomic mass is 19.4. The van der Waals surface area contributed by atoms with Gasteiger partial charge in [-0.25, -0.2) is 4.79 Å². The monoisotopic (exact) mass is 447 g/mol. The number of carboxylic acid groups (broad SMARTS) is 1. The van der Waals surface area contributed by atoms with Crippen LogP contribution in [0.5, 0.6) is 0 Å². The molecule has 0 radical (unpaired) electrons. The van der Waals surface area contributed by atoms with E-state index in [4.69, 9.17) is 0 Å². The van der Waals surface area contributed by atoms with Crippen molar-refractivity contribution in [2.24, 2.45) is 0 Å². The standard InChI is InChI=1S/C18H11F6N3O4/c1-16(15(29)30,10-3-2-4-11(8-10)17(19,20)21)27-6-5-9(7-12(27)28)13-25-14(31-26-13)18(22,23)24/h2-8H,1H3,(H,29,30). The number of aliphatic carboxylic acids is 1. The van der Waals surface area contributed by atoms with Crippen LogP contribution < -0.4 is 5.56 Å². The molecule has 13 heteroatoms. The van der Waals surface area contributed by atoms with E-state index in [0.29, 0.717) is 10.6 Å². The molecule has 0 amide bonds. The van der Waals surface area contributed by atoms with E-state index in [1.165, 1.54) is 0 Å². The SMILES string of the molecule is CC(C(=O)O)(c1cccc(C(F)(F)F)c1)n1ccc(-c2noc(C(F)(F)F)n2)cc1=O. The number of halogens is 6. The summed E-state index contributed by atoms with van der Waals surface area (Å²) >= 11 is 0. The zero-order chi connectivity index (χ0) is 23.2. The molecule has 1 N–H and O–H groups in total. The molecule has 1 aromatic carbocycles. The first-order valence-electron chi connectivity index (χ1n) is 8.30. The lowest BCUT2D eigenvalue weighted by Crippen LogP contribution is -2.45. The molecule has 0 fully saturated rings. The maximum atomic E-state index is 13.0. The summed E-state index contributed by atoms with van der Waals surface area (Å²) in [6.45, 7) is 1.02. The molecular weight excluding hydrogens is 436 g/mol. The lowest BCUT2D eigenvalue weighted by atomic mass is 9.90. The number of nitrogens with zero attached hydrogens (tertiary/aromatic N) is 3. The highest BCUT2D eigenvalue weighted by Crippen LogP contribution is 2.34. The molecule has 2 aromatic heterocycles. The maximum absolute atomic E-state index is 13.0. The summed E-state index contributed by atoms with van der Waals surface area (Å²) in [5, 5.41) is 12.9. The quantitative estimate of drug-likeness (QED) is 0.612. The molecular formula is C18H11F6N3O4. The van der Waals surface area contributed by atoms with E-state index in [0.717, 1.165) is 43.5 Å². The van der Waals surface area contributed by atoms with Gasteiger partial charge < -0.3 is 9.63 Å². The third-order valence-corrected chi connectivity index (χ3v) is 4.50. The zero-order valence-corrected chi connectivity index (χ0v) is 15.3. The van der Waals surface area contributed by atoms with E-state index in [-0.39, 0.29) is 11.1 Å². The van der Waals surface area contributed by atoms with Gasteiger partial charge in [0.1, 0.15) is 0 Å². The van der Waals surface area contributed by atoms with Gasteiger partial charge in [-0.3, -0.25) is 9.36 Å². The van der Waals surface area contributed by atoms with Crippen LogP contribution in [0, 0.1) is 0 Å². The average molecular weight is 447 g/mol. The highest BCUT2D eigenvalue weighted by molar-refractivity contribution is 5.81. The third kappa shape index (κ3) is 4.02. The molecule has 0 aliphatic carbocycles. The summed E-state index contributed by atoms with van der Waals surface area (Å²) < 4.78 is 81.7. The Balaban J connectivity index is 2.10. The lowest BCUT2D eigenvalue weighted by Gasteiger charge is -2.28. The number of carbonyl (C=O) groups is 1. The second-order valence-corrected chi connectivity index (χ2v) is 6.50. The highest BCUT2D eigenvalue weighted by Gasteiger charge is 2.41. The second-order valence-electron chi connectivity index (χ2n) is 6.50. The van der Waals surface area contributed by atoms with Crippen LogP contribution in [-0.4, -0.2) is 25.8 Å². The Labute approximate surface area is 168 Å². The first kappa shape index (κ1) is 22.1. The molecule has 3 rings (SSSR count). The fourth-order valence-electron chi connectivity index (χ4n) is 2.81.